The SMILES string of the molecule is CCCCCNCCOc1cnn(CC)c1. The highest BCUT2D eigenvalue weighted by molar-refractivity contribution is 5.11. The summed E-state index contributed by atoms with van der Waals surface area (Å²) in [6, 6.07) is 0. The van der Waals surface area contributed by atoms with E-state index in [0.717, 1.165) is 25.4 Å². The lowest BCUT2D eigenvalue weighted by molar-refractivity contribution is 0.313. The summed E-state index contributed by atoms with van der Waals surface area (Å²) in [5, 5.41) is 7.50. The third-order valence-electron chi connectivity index (χ3n) is 2.44. The second-order valence-corrected chi connectivity index (χ2v) is 3.84. The Hall–Kier alpha value is -1.03. The molecule has 4 nitrogen and oxygen atoms in total. The van der Waals surface area contributed by atoms with Gasteiger partial charge < -0.3 is 10.1 Å². The fourth-order valence-corrected chi connectivity index (χ4v) is 1.46. The lowest BCUT2D eigenvalue weighted by Gasteiger charge is -2.05. The summed E-state index contributed by atoms with van der Waals surface area (Å²) in [6.07, 6.45) is 7.52. The van der Waals surface area contributed by atoms with Gasteiger partial charge in [0.15, 0.2) is 5.75 Å². The van der Waals surface area contributed by atoms with Crippen LogP contribution in [0.15, 0.2) is 12.4 Å². The molecule has 1 N–H and O–H groups in total. The van der Waals surface area contributed by atoms with Crippen LogP contribution in [0.2, 0.25) is 0 Å². The maximum absolute atomic E-state index is 5.55. The van der Waals surface area contributed by atoms with Gasteiger partial charge in [0.1, 0.15) is 6.61 Å². The predicted octanol–water partition coefficient (Wildman–Crippen LogP) is 2.06. The van der Waals surface area contributed by atoms with E-state index < -0.39 is 0 Å². The fraction of sp³-hybridized carbons (Fsp3) is 0.750. The van der Waals surface area contributed by atoms with Crippen molar-refractivity contribution in [3.8, 4) is 5.75 Å². The normalized spacial score (nSPS) is 10.6. The zero-order chi connectivity index (χ0) is 11.6. The van der Waals surface area contributed by atoms with Gasteiger partial charge >= 0.3 is 0 Å². The van der Waals surface area contributed by atoms with Crippen molar-refractivity contribution in [2.75, 3.05) is 19.7 Å². The molecule has 0 radical (unpaired) electrons. The third kappa shape index (κ3) is 5.16. The average molecular weight is 225 g/mol. The lowest BCUT2D eigenvalue weighted by Crippen LogP contribution is -2.21. The Bertz CT molecular complexity index is 273. The van der Waals surface area contributed by atoms with Crippen LogP contribution < -0.4 is 10.1 Å². The molecule has 0 amide bonds. The Balaban J connectivity index is 1.98. The number of nitrogens with zero attached hydrogens (tertiary/aromatic N) is 2. The van der Waals surface area contributed by atoms with Crippen molar-refractivity contribution in [2.45, 2.75) is 39.7 Å². The van der Waals surface area contributed by atoms with Gasteiger partial charge in [0.05, 0.1) is 12.4 Å². The smallest absolute Gasteiger partial charge is 0.157 e. The Kier molecular flexibility index (Phi) is 6.65. The van der Waals surface area contributed by atoms with Crippen LogP contribution in [0.4, 0.5) is 0 Å². The van der Waals surface area contributed by atoms with E-state index in [9.17, 15) is 0 Å². The number of unbranched alkanes of at least 4 members (excludes halogenated alkanes) is 2. The van der Waals surface area contributed by atoms with Crippen LogP contribution in [0.5, 0.6) is 5.75 Å². The number of aryl methyl sites for hydroxylation is 1. The molecule has 4 heteroatoms. The van der Waals surface area contributed by atoms with Gasteiger partial charge in [-0.05, 0) is 19.9 Å². The first-order valence-corrected chi connectivity index (χ1v) is 6.22. The third-order valence-corrected chi connectivity index (χ3v) is 2.44. The molecular weight excluding hydrogens is 202 g/mol. The molecular formula is C12H23N3O. The van der Waals surface area contributed by atoms with Crippen LogP contribution in [0.1, 0.15) is 33.1 Å². The van der Waals surface area contributed by atoms with E-state index in [2.05, 4.69) is 24.3 Å². The molecule has 1 aromatic heterocycles. The largest absolute Gasteiger partial charge is 0.489 e. The van der Waals surface area contributed by atoms with Gasteiger partial charge in [-0.3, -0.25) is 4.68 Å². The predicted molar refractivity (Wildman–Crippen MR) is 65.8 cm³/mol. The fourth-order valence-electron chi connectivity index (χ4n) is 1.46. The molecule has 0 aliphatic rings. The van der Waals surface area contributed by atoms with Crippen molar-refractivity contribution >= 4 is 0 Å². The summed E-state index contributed by atoms with van der Waals surface area (Å²) >= 11 is 0. The van der Waals surface area contributed by atoms with Gasteiger partial charge in [0.2, 0.25) is 0 Å². The van der Waals surface area contributed by atoms with E-state index in [-0.39, 0.29) is 0 Å². The van der Waals surface area contributed by atoms with E-state index in [1.165, 1.54) is 19.3 Å². The molecule has 16 heavy (non-hydrogen) atoms. The molecule has 0 unspecified atom stereocenters. The van der Waals surface area contributed by atoms with Crippen molar-refractivity contribution in [3.63, 3.8) is 0 Å². The highest BCUT2D eigenvalue weighted by atomic mass is 16.5. The second kappa shape index (κ2) is 8.16. The highest BCUT2D eigenvalue weighted by Crippen LogP contribution is 2.07. The Morgan fingerprint density at radius 3 is 2.88 bits per heavy atom. The van der Waals surface area contributed by atoms with E-state index in [0.29, 0.717) is 6.61 Å². The molecule has 92 valence electrons. The van der Waals surface area contributed by atoms with E-state index >= 15 is 0 Å². The van der Waals surface area contributed by atoms with E-state index in [4.69, 9.17) is 4.74 Å². The minimum absolute atomic E-state index is 0.710. The summed E-state index contributed by atoms with van der Waals surface area (Å²) < 4.78 is 7.41. The minimum atomic E-state index is 0.710. The molecule has 0 saturated carbocycles. The van der Waals surface area contributed by atoms with Crippen LogP contribution in [-0.2, 0) is 6.54 Å². The van der Waals surface area contributed by atoms with Crippen molar-refractivity contribution in [1.82, 2.24) is 15.1 Å². The van der Waals surface area contributed by atoms with Gasteiger partial charge in [0, 0.05) is 13.1 Å². The molecule has 0 fully saturated rings. The molecule has 0 atom stereocenters. The Morgan fingerprint density at radius 1 is 1.31 bits per heavy atom. The van der Waals surface area contributed by atoms with E-state index in [1.807, 2.05) is 10.9 Å². The first-order chi connectivity index (χ1) is 7.86. The molecule has 1 aromatic rings. The van der Waals surface area contributed by atoms with E-state index in [1.54, 1.807) is 6.20 Å². The Labute approximate surface area is 98.0 Å². The first-order valence-electron chi connectivity index (χ1n) is 6.22. The molecule has 1 heterocycles. The number of nitrogens with one attached hydrogen (secondary N) is 1. The van der Waals surface area contributed by atoms with Gasteiger partial charge in [-0.25, -0.2) is 0 Å². The Morgan fingerprint density at radius 2 is 2.19 bits per heavy atom. The van der Waals surface area contributed by atoms with Crippen molar-refractivity contribution < 1.29 is 4.74 Å². The van der Waals surface area contributed by atoms with Crippen LogP contribution in [-0.4, -0.2) is 29.5 Å². The van der Waals surface area contributed by atoms with Gasteiger partial charge in [-0.1, -0.05) is 19.8 Å². The van der Waals surface area contributed by atoms with Crippen LogP contribution in [0.25, 0.3) is 0 Å². The van der Waals surface area contributed by atoms with Crippen LogP contribution >= 0.6 is 0 Å². The zero-order valence-corrected chi connectivity index (χ0v) is 10.4. The second-order valence-electron chi connectivity index (χ2n) is 3.84. The summed E-state index contributed by atoms with van der Waals surface area (Å²) in [6.45, 7) is 7.87. The van der Waals surface area contributed by atoms with Crippen molar-refractivity contribution in [2.24, 2.45) is 0 Å². The van der Waals surface area contributed by atoms with Gasteiger partial charge in [-0.2, -0.15) is 5.10 Å². The molecule has 0 aromatic carbocycles. The quantitative estimate of drug-likeness (QED) is 0.654. The van der Waals surface area contributed by atoms with Crippen LogP contribution in [0, 0.1) is 0 Å². The van der Waals surface area contributed by atoms with Gasteiger partial charge in [-0.15, -0.1) is 0 Å². The lowest BCUT2D eigenvalue weighted by atomic mass is 10.2. The number of rotatable bonds is 9. The average Bonchev–Trinajstić information content (AvgIpc) is 2.76. The van der Waals surface area contributed by atoms with Crippen molar-refractivity contribution in [1.29, 1.82) is 0 Å². The summed E-state index contributed by atoms with van der Waals surface area (Å²) in [5.74, 6) is 0.859. The maximum atomic E-state index is 5.55. The zero-order valence-electron chi connectivity index (χ0n) is 10.4. The molecule has 0 spiro atoms. The molecule has 0 aliphatic carbocycles. The summed E-state index contributed by atoms with van der Waals surface area (Å²) in [4.78, 5) is 0. The number of hydrogen-bond donors (Lipinski definition) is 1. The highest BCUT2D eigenvalue weighted by Gasteiger charge is 1.96. The minimum Gasteiger partial charge on any atom is -0.489 e. The number of hydrogen-bond acceptors (Lipinski definition) is 3. The molecule has 0 bridgehead atoms. The summed E-state index contributed by atoms with van der Waals surface area (Å²) in [5.41, 5.74) is 0. The van der Waals surface area contributed by atoms with Gasteiger partial charge in [0.25, 0.3) is 0 Å². The van der Waals surface area contributed by atoms with Crippen molar-refractivity contribution in [3.05, 3.63) is 12.4 Å². The number of ether oxygens (including phenoxy) is 1. The van der Waals surface area contributed by atoms with Crippen LogP contribution in [0.3, 0.4) is 0 Å². The molecule has 0 aliphatic heterocycles. The summed E-state index contributed by atoms with van der Waals surface area (Å²) in [7, 11) is 0. The standard InChI is InChI=1S/C12H23N3O/c1-3-5-6-7-13-8-9-16-12-10-14-15(4-2)11-12/h10-11,13H,3-9H2,1-2H3. The topological polar surface area (TPSA) is 39.1 Å². The first kappa shape index (κ1) is 13.0. The molecule has 1 rings (SSSR count). The monoisotopic (exact) mass is 225 g/mol. The number of aromatic nitrogens is 2. The maximum Gasteiger partial charge on any atom is 0.157 e. The molecule has 0 saturated heterocycles.